The first-order valence-electron chi connectivity index (χ1n) is 5.20. The zero-order valence-electron chi connectivity index (χ0n) is 8.79. The summed E-state index contributed by atoms with van der Waals surface area (Å²) >= 11 is 0. The number of benzene rings is 1. The molecule has 80 valence electrons. The van der Waals surface area contributed by atoms with Crippen molar-refractivity contribution in [3.05, 3.63) is 35.5 Å². The Morgan fingerprint density at radius 1 is 1.27 bits per heavy atom. The van der Waals surface area contributed by atoms with Crippen LogP contribution in [0.3, 0.4) is 0 Å². The molecule has 2 aromatic rings. The molecule has 0 bridgehead atoms. The van der Waals surface area contributed by atoms with E-state index in [1.54, 1.807) is 0 Å². The van der Waals surface area contributed by atoms with Crippen molar-refractivity contribution < 1.29 is 0 Å². The first-order chi connectivity index (χ1) is 6.90. The van der Waals surface area contributed by atoms with E-state index in [1.165, 1.54) is 22.0 Å². The van der Waals surface area contributed by atoms with Gasteiger partial charge in [-0.05, 0) is 24.1 Å². The summed E-state index contributed by atoms with van der Waals surface area (Å²) < 4.78 is 2.33. The third-order valence-electron chi connectivity index (χ3n) is 3.04. The van der Waals surface area contributed by atoms with Crippen molar-refractivity contribution in [2.45, 2.75) is 26.6 Å². The number of hydrogen-bond donors (Lipinski definition) is 1. The van der Waals surface area contributed by atoms with Gasteiger partial charge in [-0.1, -0.05) is 12.1 Å². The zero-order valence-corrected chi connectivity index (χ0v) is 9.60. The first kappa shape index (κ1) is 10.5. The lowest BCUT2D eigenvalue weighted by molar-refractivity contribution is 0.681. The van der Waals surface area contributed by atoms with Crippen LogP contribution in [0.2, 0.25) is 0 Å². The van der Waals surface area contributed by atoms with Crippen molar-refractivity contribution >= 4 is 23.3 Å². The van der Waals surface area contributed by atoms with E-state index in [9.17, 15) is 0 Å². The van der Waals surface area contributed by atoms with E-state index in [0.717, 1.165) is 19.6 Å². The molecule has 0 unspecified atom stereocenters. The highest BCUT2D eigenvalue weighted by Crippen LogP contribution is 2.27. The van der Waals surface area contributed by atoms with E-state index in [2.05, 4.69) is 41.2 Å². The van der Waals surface area contributed by atoms with E-state index in [-0.39, 0.29) is 12.4 Å². The number of halogens is 1. The van der Waals surface area contributed by atoms with Crippen molar-refractivity contribution in [3.63, 3.8) is 0 Å². The van der Waals surface area contributed by atoms with E-state index in [0.29, 0.717) is 0 Å². The van der Waals surface area contributed by atoms with Crippen molar-refractivity contribution in [3.8, 4) is 0 Å². The molecule has 0 saturated heterocycles. The Morgan fingerprint density at radius 3 is 2.87 bits per heavy atom. The third-order valence-corrected chi connectivity index (χ3v) is 3.04. The molecule has 0 amide bonds. The molecule has 0 atom stereocenters. The van der Waals surface area contributed by atoms with Crippen LogP contribution < -0.4 is 5.32 Å². The Morgan fingerprint density at radius 2 is 2.07 bits per heavy atom. The van der Waals surface area contributed by atoms with Gasteiger partial charge in [-0.15, -0.1) is 12.4 Å². The van der Waals surface area contributed by atoms with Crippen LogP contribution in [0.15, 0.2) is 24.4 Å². The smallest absolute Gasteiger partial charge is 0.0486 e. The predicted octanol–water partition coefficient (Wildman–Crippen LogP) is 2.69. The Hall–Kier alpha value is -0.990. The minimum absolute atomic E-state index is 0. The van der Waals surface area contributed by atoms with Gasteiger partial charge in [-0.3, -0.25) is 0 Å². The van der Waals surface area contributed by atoms with Gasteiger partial charge >= 0.3 is 0 Å². The lowest BCUT2D eigenvalue weighted by Crippen LogP contribution is -2.16. The minimum atomic E-state index is 0. The minimum Gasteiger partial charge on any atom is -0.347 e. The van der Waals surface area contributed by atoms with Gasteiger partial charge in [0.1, 0.15) is 0 Å². The highest BCUT2D eigenvalue weighted by Gasteiger charge is 2.14. The Kier molecular flexibility index (Phi) is 2.72. The molecule has 1 N–H and O–H groups in total. The summed E-state index contributed by atoms with van der Waals surface area (Å²) in [5.41, 5.74) is 4.28. The van der Waals surface area contributed by atoms with Crippen LogP contribution in [0.25, 0.3) is 10.9 Å². The maximum atomic E-state index is 3.42. The fourth-order valence-corrected chi connectivity index (χ4v) is 2.39. The summed E-state index contributed by atoms with van der Waals surface area (Å²) in [5, 5.41) is 4.90. The molecule has 0 radical (unpaired) electrons. The molecule has 3 rings (SSSR count). The van der Waals surface area contributed by atoms with Crippen LogP contribution in [0, 0.1) is 0 Å². The van der Waals surface area contributed by atoms with Gasteiger partial charge in [-0.25, -0.2) is 0 Å². The average molecular weight is 223 g/mol. The van der Waals surface area contributed by atoms with Gasteiger partial charge in [0.05, 0.1) is 0 Å². The van der Waals surface area contributed by atoms with Crippen molar-refractivity contribution in [2.75, 3.05) is 0 Å². The standard InChI is InChI=1S/C12H14N2.ClH/c1-2-14-8-10-7-13-6-9-4-3-5-11(14)12(9)10;/h3-5,8,13H,2,6-7H2,1H3;1H. The summed E-state index contributed by atoms with van der Waals surface area (Å²) in [6.07, 6.45) is 2.28. The Bertz CT molecular complexity index is 488. The Balaban J connectivity index is 0.000000853. The topological polar surface area (TPSA) is 17.0 Å². The van der Waals surface area contributed by atoms with Crippen LogP contribution in [0.1, 0.15) is 18.1 Å². The van der Waals surface area contributed by atoms with Crippen molar-refractivity contribution in [1.29, 1.82) is 0 Å². The van der Waals surface area contributed by atoms with Gasteiger partial charge in [0, 0.05) is 36.7 Å². The van der Waals surface area contributed by atoms with Gasteiger partial charge in [0.2, 0.25) is 0 Å². The van der Waals surface area contributed by atoms with E-state index in [4.69, 9.17) is 0 Å². The second kappa shape index (κ2) is 3.87. The molecule has 1 aliphatic heterocycles. The van der Waals surface area contributed by atoms with Crippen LogP contribution in [-0.4, -0.2) is 4.57 Å². The molecule has 3 heteroatoms. The van der Waals surface area contributed by atoms with Crippen molar-refractivity contribution in [1.82, 2.24) is 9.88 Å². The monoisotopic (exact) mass is 222 g/mol. The highest BCUT2D eigenvalue weighted by atomic mass is 35.5. The summed E-state index contributed by atoms with van der Waals surface area (Å²) in [5.74, 6) is 0. The van der Waals surface area contributed by atoms with E-state index in [1.807, 2.05) is 0 Å². The Labute approximate surface area is 95.7 Å². The normalized spacial score (nSPS) is 13.9. The maximum Gasteiger partial charge on any atom is 0.0486 e. The molecule has 2 heterocycles. The molecule has 1 aromatic carbocycles. The molecule has 15 heavy (non-hydrogen) atoms. The van der Waals surface area contributed by atoms with Crippen LogP contribution in [0.4, 0.5) is 0 Å². The molecule has 0 aliphatic carbocycles. The fraction of sp³-hybridized carbons (Fsp3) is 0.333. The summed E-state index contributed by atoms with van der Waals surface area (Å²) in [6, 6.07) is 6.59. The molecule has 1 aromatic heterocycles. The fourth-order valence-electron chi connectivity index (χ4n) is 2.39. The largest absolute Gasteiger partial charge is 0.347 e. The summed E-state index contributed by atoms with van der Waals surface area (Å²) in [7, 11) is 0. The molecule has 0 fully saturated rings. The lowest BCUT2D eigenvalue weighted by atomic mass is 10.0. The molecule has 2 nitrogen and oxygen atoms in total. The van der Waals surface area contributed by atoms with E-state index < -0.39 is 0 Å². The molecular formula is C12H15ClN2. The molecule has 1 aliphatic rings. The van der Waals surface area contributed by atoms with Gasteiger partial charge in [-0.2, -0.15) is 0 Å². The number of nitrogens with zero attached hydrogens (tertiary/aromatic N) is 1. The second-order valence-electron chi connectivity index (χ2n) is 3.86. The highest BCUT2D eigenvalue weighted by molar-refractivity contribution is 5.88. The summed E-state index contributed by atoms with van der Waals surface area (Å²) in [6.45, 7) is 5.28. The van der Waals surface area contributed by atoms with Crippen LogP contribution in [-0.2, 0) is 19.6 Å². The third kappa shape index (κ3) is 1.45. The number of aromatic nitrogens is 1. The van der Waals surface area contributed by atoms with Crippen LogP contribution in [0.5, 0.6) is 0 Å². The van der Waals surface area contributed by atoms with Crippen molar-refractivity contribution in [2.24, 2.45) is 0 Å². The molecule has 0 saturated carbocycles. The van der Waals surface area contributed by atoms with Gasteiger partial charge in [0.25, 0.3) is 0 Å². The number of rotatable bonds is 1. The quantitative estimate of drug-likeness (QED) is 0.785. The SMILES string of the molecule is CCn1cc2c3c(cccc31)CNC2.Cl. The van der Waals surface area contributed by atoms with E-state index >= 15 is 0 Å². The molecular weight excluding hydrogens is 208 g/mol. The number of nitrogens with one attached hydrogen (secondary N) is 1. The van der Waals surface area contributed by atoms with Crippen LogP contribution >= 0.6 is 12.4 Å². The summed E-state index contributed by atoms with van der Waals surface area (Å²) in [4.78, 5) is 0. The zero-order chi connectivity index (χ0) is 9.54. The van der Waals surface area contributed by atoms with Gasteiger partial charge < -0.3 is 9.88 Å². The first-order valence-corrected chi connectivity index (χ1v) is 5.20. The number of hydrogen-bond acceptors (Lipinski definition) is 1. The lowest BCUT2D eigenvalue weighted by Gasteiger charge is -2.13. The second-order valence-corrected chi connectivity index (χ2v) is 3.86. The number of aryl methyl sites for hydroxylation is 1. The van der Waals surface area contributed by atoms with Gasteiger partial charge in [0.15, 0.2) is 0 Å². The maximum absolute atomic E-state index is 3.42. The predicted molar refractivity (Wildman–Crippen MR) is 65.4 cm³/mol. The average Bonchev–Trinajstić information content (AvgIpc) is 2.60. The molecule has 0 spiro atoms.